The first-order valence-electron chi connectivity index (χ1n) is 9.42. The lowest BCUT2D eigenvalue weighted by Crippen LogP contribution is -2.35. The molecule has 1 atom stereocenters. The van der Waals surface area contributed by atoms with E-state index >= 15 is 0 Å². The molecule has 1 saturated heterocycles. The van der Waals surface area contributed by atoms with Crippen molar-refractivity contribution >= 4 is 27.5 Å². The molecule has 0 bridgehead atoms. The zero-order valence-corrected chi connectivity index (χ0v) is 17.4. The van der Waals surface area contributed by atoms with Gasteiger partial charge >= 0.3 is 5.97 Å². The lowest BCUT2D eigenvalue weighted by Gasteiger charge is -2.23. The fourth-order valence-corrected chi connectivity index (χ4v) is 5.26. The van der Waals surface area contributed by atoms with Gasteiger partial charge in [-0.05, 0) is 24.3 Å². The van der Waals surface area contributed by atoms with Gasteiger partial charge in [0, 0.05) is 17.9 Å². The van der Waals surface area contributed by atoms with E-state index in [0.717, 1.165) is 0 Å². The van der Waals surface area contributed by atoms with Crippen LogP contribution in [0.3, 0.4) is 0 Å². The van der Waals surface area contributed by atoms with Crippen LogP contribution in [0.4, 0.5) is 0 Å². The number of amides is 2. The highest BCUT2D eigenvalue weighted by molar-refractivity contribution is 7.93. The van der Waals surface area contributed by atoms with Crippen molar-refractivity contribution in [2.24, 2.45) is 16.2 Å². The number of methoxy groups -OCH3 is 1. The largest absolute Gasteiger partial charge is 0.469 e. The number of hydrogen-bond acceptors (Lipinski definition) is 5. The molecule has 1 aliphatic rings. The lowest BCUT2D eigenvalue weighted by atomic mass is 10.0. The normalized spacial score (nSPS) is 22.9. The summed E-state index contributed by atoms with van der Waals surface area (Å²) >= 11 is 0. The molecular weight excluding hydrogens is 380 g/mol. The molecule has 1 unspecified atom stereocenters. The van der Waals surface area contributed by atoms with Crippen molar-refractivity contribution in [1.82, 2.24) is 5.32 Å². The number of benzene rings is 1. The SMILES string of the molecule is COC(=O)C1CCS(=O)(=NC(=O)C(NC(=O)CC(C)C)c2ccccc2)CC1. The zero-order chi connectivity index (χ0) is 20.7. The smallest absolute Gasteiger partial charge is 0.308 e. The number of nitrogens with one attached hydrogen (secondary N) is 1. The van der Waals surface area contributed by atoms with Crippen molar-refractivity contribution in [1.29, 1.82) is 0 Å². The molecule has 1 N–H and O–H groups in total. The van der Waals surface area contributed by atoms with Gasteiger partial charge in [0.15, 0.2) is 0 Å². The highest BCUT2D eigenvalue weighted by Crippen LogP contribution is 2.23. The summed E-state index contributed by atoms with van der Waals surface area (Å²) in [6, 6.07) is 7.84. The van der Waals surface area contributed by atoms with Crippen LogP contribution in [0.1, 0.15) is 44.7 Å². The van der Waals surface area contributed by atoms with E-state index in [-0.39, 0.29) is 41.6 Å². The molecule has 0 radical (unpaired) electrons. The first kappa shape index (κ1) is 22.1. The van der Waals surface area contributed by atoms with Crippen LogP contribution < -0.4 is 5.32 Å². The van der Waals surface area contributed by atoms with Crippen LogP contribution in [-0.4, -0.2) is 40.6 Å². The minimum absolute atomic E-state index is 0.147. The standard InChI is InChI=1S/C20H28N2O5S/c1-14(2)13-17(23)21-18(15-7-5-4-6-8-15)19(24)22-28(26)11-9-16(10-12-28)20(25)27-3/h4-8,14,16,18H,9-13H2,1-3H3,(H,21,23). The Morgan fingerprint density at radius 2 is 1.79 bits per heavy atom. The molecule has 0 aliphatic carbocycles. The quantitative estimate of drug-likeness (QED) is 0.729. The number of ether oxygens (including phenoxy) is 1. The third-order valence-electron chi connectivity index (χ3n) is 4.64. The van der Waals surface area contributed by atoms with E-state index in [1.807, 2.05) is 19.9 Å². The Morgan fingerprint density at radius 1 is 1.18 bits per heavy atom. The van der Waals surface area contributed by atoms with Crippen LogP contribution >= 0.6 is 0 Å². The molecule has 0 saturated carbocycles. The maximum atomic E-state index is 13.0. The molecule has 7 nitrogen and oxygen atoms in total. The molecule has 28 heavy (non-hydrogen) atoms. The third-order valence-corrected chi connectivity index (χ3v) is 6.90. The number of nitrogens with zero attached hydrogens (tertiary/aromatic N) is 1. The summed E-state index contributed by atoms with van der Waals surface area (Å²) in [7, 11) is -1.43. The molecule has 1 aliphatic heterocycles. The summed E-state index contributed by atoms with van der Waals surface area (Å²) in [4.78, 5) is 36.7. The van der Waals surface area contributed by atoms with Gasteiger partial charge in [-0.25, -0.2) is 4.21 Å². The molecule has 2 amide bonds. The summed E-state index contributed by atoms with van der Waals surface area (Å²) in [5, 5.41) is 2.73. The van der Waals surface area contributed by atoms with Gasteiger partial charge in [0.25, 0.3) is 5.91 Å². The number of hydrogen-bond donors (Lipinski definition) is 1. The number of rotatable bonds is 6. The van der Waals surface area contributed by atoms with Crippen LogP contribution in [-0.2, 0) is 28.8 Å². The number of esters is 1. The van der Waals surface area contributed by atoms with Crippen molar-refractivity contribution in [2.75, 3.05) is 18.6 Å². The molecule has 2 rings (SSSR count). The van der Waals surface area contributed by atoms with Crippen LogP contribution in [0, 0.1) is 11.8 Å². The molecule has 1 fully saturated rings. The lowest BCUT2D eigenvalue weighted by molar-refractivity contribution is -0.145. The highest BCUT2D eigenvalue weighted by Gasteiger charge is 2.30. The second-order valence-corrected chi connectivity index (χ2v) is 9.96. The van der Waals surface area contributed by atoms with E-state index in [0.29, 0.717) is 18.4 Å². The average molecular weight is 409 g/mol. The maximum Gasteiger partial charge on any atom is 0.308 e. The Morgan fingerprint density at radius 3 is 2.32 bits per heavy atom. The molecule has 0 spiro atoms. The maximum absolute atomic E-state index is 13.0. The van der Waals surface area contributed by atoms with E-state index in [2.05, 4.69) is 9.68 Å². The number of carbonyl (C=O) groups excluding carboxylic acids is 3. The monoisotopic (exact) mass is 408 g/mol. The predicted octanol–water partition coefficient (Wildman–Crippen LogP) is 2.47. The fourth-order valence-electron chi connectivity index (χ4n) is 3.13. The van der Waals surface area contributed by atoms with Gasteiger partial charge in [-0.15, -0.1) is 0 Å². The van der Waals surface area contributed by atoms with Crippen LogP contribution in [0.25, 0.3) is 0 Å². The number of carbonyl (C=O) groups is 3. The Kier molecular flexibility index (Phi) is 7.74. The second kappa shape index (κ2) is 9.82. The first-order chi connectivity index (χ1) is 13.2. The summed E-state index contributed by atoms with van der Waals surface area (Å²) in [5.74, 6) is -1.02. The minimum atomic E-state index is -2.76. The Balaban J connectivity index is 2.20. The summed E-state index contributed by atoms with van der Waals surface area (Å²) < 4.78 is 21.8. The molecule has 1 aromatic rings. The summed E-state index contributed by atoms with van der Waals surface area (Å²) in [6.07, 6.45) is 1.03. The van der Waals surface area contributed by atoms with Gasteiger partial charge in [0.05, 0.1) is 22.8 Å². The van der Waals surface area contributed by atoms with E-state index in [9.17, 15) is 18.6 Å². The molecule has 154 valence electrons. The van der Waals surface area contributed by atoms with Gasteiger partial charge in [0.2, 0.25) is 5.91 Å². The van der Waals surface area contributed by atoms with E-state index in [1.54, 1.807) is 24.3 Å². The van der Waals surface area contributed by atoms with Gasteiger partial charge in [-0.3, -0.25) is 14.4 Å². The van der Waals surface area contributed by atoms with Crippen molar-refractivity contribution in [2.45, 2.75) is 39.2 Å². The van der Waals surface area contributed by atoms with Gasteiger partial charge in [-0.2, -0.15) is 4.36 Å². The molecule has 0 aromatic heterocycles. The molecule has 1 aromatic carbocycles. The summed E-state index contributed by atoms with van der Waals surface area (Å²) in [5.41, 5.74) is 0.597. The van der Waals surface area contributed by atoms with E-state index in [4.69, 9.17) is 4.74 Å². The van der Waals surface area contributed by atoms with Crippen molar-refractivity contribution in [3.8, 4) is 0 Å². The van der Waals surface area contributed by atoms with E-state index in [1.165, 1.54) is 7.11 Å². The zero-order valence-electron chi connectivity index (χ0n) is 16.6. The van der Waals surface area contributed by atoms with Crippen LogP contribution in [0.15, 0.2) is 34.7 Å². The van der Waals surface area contributed by atoms with Crippen molar-refractivity contribution in [3.05, 3.63) is 35.9 Å². The Bertz CT molecular complexity index is 814. The topological polar surface area (TPSA) is 102 Å². The van der Waals surface area contributed by atoms with Gasteiger partial charge in [-0.1, -0.05) is 44.2 Å². The molecular formula is C20H28N2O5S. The average Bonchev–Trinajstić information content (AvgIpc) is 2.66. The molecule has 8 heteroatoms. The van der Waals surface area contributed by atoms with Crippen molar-refractivity contribution in [3.63, 3.8) is 0 Å². The highest BCUT2D eigenvalue weighted by atomic mass is 32.2. The summed E-state index contributed by atoms with van der Waals surface area (Å²) in [6.45, 7) is 3.83. The van der Waals surface area contributed by atoms with Crippen LogP contribution in [0.2, 0.25) is 0 Å². The minimum Gasteiger partial charge on any atom is -0.469 e. The molecule has 1 heterocycles. The van der Waals surface area contributed by atoms with Gasteiger partial charge < -0.3 is 10.1 Å². The van der Waals surface area contributed by atoms with Crippen molar-refractivity contribution < 1.29 is 23.3 Å². The van der Waals surface area contributed by atoms with E-state index < -0.39 is 21.7 Å². The Hall–Kier alpha value is -2.22. The third kappa shape index (κ3) is 6.15. The predicted molar refractivity (Wildman–Crippen MR) is 107 cm³/mol. The van der Waals surface area contributed by atoms with Gasteiger partial charge in [0.1, 0.15) is 6.04 Å². The Labute approximate surface area is 166 Å². The second-order valence-electron chi connectivity index (χ2n) is 7.42. The van der Waals surface area contributed by atoms with Crippen LogP contribution in [0.5, 0.6) is 0 Å². The first-order valence-corrected chi connectivity index (χ1v) is 11.3. The fraction of sp³-hybridized carbons (Fsp3) is 0.550.